The molecule has 3 rings (SSSR count). The maximum absolute atomic E-state index is 13.4. The van der Waals surface area contributed by atoms with E-state index in [0.29, 0.717) is 39.3 Å². The van der Waals surface area contributed by atoms with Gasteiger partial charge in [-0.3, -0.25) is 9.59 Å². The number of hydrogen-bond donors (Lipinski definition) is 0. The van der Waals surface area contributed by atoms with E-state index in [1.807, 2.05) is 42.2 Å². The molecule has 0 spiro atoms. The average molecular weight is 455 g/mol. The Morgan fingerprint density at radius 3 is 2.47 bits per heavy atom. The molecule has 6 nitrogen and oxygen atoms in total. The molecule has 0 aliphatic carbocycles. The highest BCUT2D eigenvalue weighted by atomic mass is 32.1. The molecule has 0 radical (unpaired) electrons. The van der Waals surface area contributed by atoms with E-state index in [0.717, 1.165) is 10.4 Å². The number of amides is 2. The van der Waals surface area contributed by atoms with Crippen LogP contribution in [0, 0.1) is 6.92 Å². The fourth-order valence-corrected chi connectivity index (χ4v) is 4.27. The van der Waals surface area contributed by atoms with E-state index in [4.69, 9.17) is 9.15 Å². The van der Waals surface area contributed by atoms with Crippen LogP contribution in [0.15, 0.2) is 65.3 Å². The van der Waals surface area contributed by atoms with Gasteiger partial charge >= 0.3 is 0 Å². The van der Waals surface area contributed by atoms with E-state index in [1.165, 1.54) is 11.1 Å². The highest BCUT2D eigenvalue weighted by molar-refractivity contribution is 7.11. The molecular weight excluding hydrogens is 424 g/mol. The average Bonchev–Trinajstić information content (AvgIpc) is 3.47. The molecule has 0 saturated carbocycles. The first kappa shape index (κ1) is 23.8. The van der Waals surface area contributed by atoms with Crippen LogP contribution >= 0.6 is 11.3 Å². The number of furan rings is 1. The fourth-order valence-electron chi connectivity index (χ4n) is 3.37. The Kier molecular flexibility index (Phi) is 9.07. The summed E-state index contributed by atoms with van der Waals surface area (Å²) < 4.78 is 10.7. The first-order valence-electron chi connectivity index (χ1n) is 10.8. The summed E-state index contributed by atoms with van der Waals surface area (Å²) >= 11 is 1.68. The third kappa shape index (κ3) is 7.07. The van der Waals surface area contributed by atoms with E-state index < -0.39 is 0 Å². The van der Waals surface area contributed by atoms with Crippen molar-refractivity contribution in [1.82, 2.24) is 9.80 Å². The van der Waals surface area contributed by atoms with Crippen LogP contribution in [-0.2, 0) is 22.6 Å². The van der Waals surface area contributed by atoms with Crippen LogP contribution in [0.2, 0.25) is 0 Å². The first-order valence-corrected chi connectivity index (χ1v) is 11.7. The predicted octanol–water partition coefficient (Wildman–Crippen LogP) is 4.75. The minimum atomic E-state index is -0.286. The SMILES string of the molecule is CCOCCCN(CC(=O)N(Cc1ccccc1)Cc1ccc(C)s1)C(=O)c1ccco1. The minimum Gasteiger partial charge on any atom is -0.459 e. The van der Waals surface area contributed by atoms with Crippen molar-refractivity contribution in [1.29, 1.82) is 0 Å². The van der Waals surface area contributed by atoms with E-state index in [9.17, 15) is 9.59 Å². The van der Waals surface area contributed by atoms with E-state index in [1.54, 1.807) is 28.4 Å². The Labute approximate surface area is 193 Å². The smallest absolute Gasteiger partial charge is 0.290 e. The molecule has 170 valence electrons. The number of benzene rings is 1. The maximum Gasteiger partial charge on any atom is 0.290 e. The molecule has 0 aliphatic rings. The molecule has 32 heavy (non-hydrogen) atoms. The van der Waals surface area contributed by atoms with E-state index >= 15 is 0 Å². The molecule has 2 amide bonds. The molecule has 0 aliphatic heterocycles. The van der Waals surface area contributed by atoms with Crippen molar-refractivity contribution in [3.05, 3.63) is 81.9 Å². The van der Waals surface area contributed by atoms with Crippen molar-refractivity contribution in [3.8, 4) is 0 Å². The number of aryl methyl sites for hydroxylation is 1. The molecule has 3 aromatic rings. The third-order valence-corrected chi connectivity index (χ3v) is 5.96. The number of carbonyl (C=O) groups excluding carboxylic acids is 2. The quantitative estimate of drug-likeness (QED) is 0.371. The summed E-state index contributed by atoms with van der Waals surface area (Å²) in [4.78, 5) is 32.1. The Morgan fingerprint density at radius 2 is 1.81 bits per heavy atom. The Hall–Kier alpha value is -2.90. The molecule has 0 fully saturated rings. The van der Waals surface area contributed by atoms with Crippen molar-refractivity contribution in [2.24, 2.45) is 0 Å². The Balaban J connectivity index is 1.75. The van der Waals surface area contributed by atoms with Crippen LogP contribution < -0.4 is 0 Å². The molecular formula is C25H30N2O4S. The summed E-state index contributed by atoms with van der Waals surface area (Å²) in [6.07, 6.45) is 2.12. The lowest BCUT2D eigenvalue weighted by atomic mass is 10.2. The standard InChI is InChI=1S/C25H30N2O4S/c1-3-30-15-8-14-26(25(29)23-11-7-16-31-23)19-24(28)27(17-21-9-5-4-6-10-21)18-22-13-12-20(2)32-22/h4-7,9-13,16H,3,8,14-15,17-19H2,1-2H3. The molecule has 2 aromatic heterocycles. The van der Waals surface area contributed by atoms with Gasteiger partial charge in [-0.2, -0.15) is 0 Å². The highest BCUT2D eigenvalue weighted by Crippen LogP contribution is 2.19. The van der Waals surface area contributed by atoms with Crippen molar-refractivity contribution < 1.29 is 18.7 Å². The van der Waals surface area contributed by atoms with Gasteiger partial charge < -0.3 is 19.0 Å². The molecule has 1 aromatic carbocycles. The van der Waals surface area contributed by atoms with Crippen molar-refractivity contribution in [2.75, 3.05) is 26.3 Å². The largest absolute Gasteiger partial charge is 0.459 e. The number of carbonyl (C=O) groups is 2. The van der Waals surface area contributed by atoms with Crippen LogP contribution in [-0.4, -0.2) is 47.9 Å². The number of ether oxygens (including phenoxy) is 1. The van der Waals surface area contributed by atoms with Gasteiger partial charge in [0.2, 0.25) is 5.91 Å². The fraction of sp³-hybridized carbons (Fsp3) is 0.360. The van der Waals surface area contributed by atoms with Crippen molar-refractivity contribution >= 4 is 23.2 Å². The van der Waals surface area contributed by atoms with Crippen molar-refractivity contribution in [3.63, 3.8) is 0 Å². The van der Waals surface area contributed by atoms with E-state index in [-0.39, 0.29) is 24.1 Å². The molecule has 0 unspecified atom stereocenters. The van der Waals surface area contributed by atoms with Crippen LogP contribution in [0.25, 0.3) is 0 Å². The molecule has 7 heteroatoms. The maximum atomic E-state index is 13.4. The van der Waals surface area contributed by atoms with Gasteiger partial charge in [-0.05, 0) is 50.1 Å². The topological polar surface area (TPSA) is 63.0 Å². The van der Waals surface area contributed by atoms with Crippen molar-refractivity contribution in [2.45, 2.75) is 33.4 Å². The summed E-state index contributed by atoms with van der Waals surface area (Å²) in [5.74, 6) is -0.152. The van der Waals surface area contributed by atoms with Gasteiger partial charge in [0.05, 0.1) is 12.8 Å². The van der Waals surface area contributed by atoms with Crippen LogP contribution in [0.1, 0.15) is 39.2 Å². The molecule has 0 N–H and O–H groups in total. The summed E-state index contributed by atoms with van der Waals surface area (Å²) in [5, 5.41) is 0. The molecule has 0 atom stereocenters. The second-order valence-corrected chi connectivity index (χ2v) is 8.87. The van der Waals surface area contributed by atoms with Crippen LogP contribution in [0.3, 0.4) is 0 Å². The lowest BCUT2D eigenvalue weighted by molar-refractivity contribution is -0.133. The van der Waals surface area contributed by atoms with Gasteiger partial charge in [-0.1, -0.05) is 30.3 Å². The van der Waals surface area contributed by atoms with Gasteiger partial charge in [0, 0.05) is 36.1 Å². The second-order valence-electron chi connectivity index (χ2n) is 7.50. The summed E-state index contributed by atoms with van der Waals surface area (Å²) in [7, 11) is 0. The minimum absolute atomic E-state index is 0.0111. The van der Waals surface area contributed by atoms with Gasteiger partial charge in [0.15, 0.2) is 5.76 Å². The zero-order valence-corrected chi connectivity index (χ0v) is 19.5. The van der Waals surface area contributed by atoms with E-state index in [2.05, 4.69) is 19.1 Å². The predicted molar refractivity (Wildman–Crippen MR) is 125 cm³/mol. The molecule has 0 bridgehead atoms. The zero-order chi connectivity index (χ0) is 22.8. The number of hydrogen-bond acceptors (Lipinski definition) is 5. The summed E-state index contributed by atoms with van der Waals surface area (Å²) in [6, 6.07) is 17.3. The number of nitrogens with zero attached hydrogens (tertiary/aromatic N) is 2. The Morgan fingerprint density at radius 1 is 1.00 bits per heavy atom. The number of rotatable bonds is 12. The van der Waals surface area contributed by atoms with Crippen LogP contribution in [0.5, 0.6) is 0 Å². The van der Waals surface area contributed by atoms with Gasteiger partial charge in [0.25, 0.3) is 5.91 Å². The lowest BCUT2D eigenvalue weighted by Gasteiger charge is -2.27. The highest BCUT2D eigenvalue weighted by Gasteiger charge is 2.24. The number of thiophene rings is 1. The summed E-state index contributed by atoms with van der Waals surface area (Å²) in [6.45, 7) is 6.55. The van der Waals surface area contributed by atoms with Gasteiger partial charge in [0.1, 0.15) is 6.54 Å². The normalized spacial score (nSPS) is 10.8. The first-order chi connectivity index (χ1) is 15.6. The second kappa shape index (κ2) is 12.2. The van der Waals surface area contributed by atoms with Gasteiger partial charge in [-0.15, -0.1) is 11.3 Å². The van der Waals surface area contributed by atoms with Gasteiger partial charge in [-0.25, -0.2) is 0 Å². The summed E-state index contributed by atoms with van der Waals surface area (Å²) in [5.41, 5.74) is 1.05. The third-order valence-electron chi connectivity index (χ3n) is 4.98. The lowest BCUT2D eigenvalue weighted by Crippen LogP contribution is -2.43. The zero-order valence-electron chi connectivity index (χ0n) is 18.7. The van der Waals surface area contributed by atoms with Crippen LogP contribution in [0.4, 0.5) is 0 Å². The Bertz CT molecular complexity index is 969. The monoisotopic (exact) mass is 454 g/mol. The molecule has 2 heterocycles. The molecule has 0 saturated heterocycles.